The van der Waals surface area contributed by atoms with Crippen LogP contribution in [-0.2, 0) is 10.1 Å². The van der Waals surface area contributed by atoms with Crippen LogP contribution in [0.25, 0.3) is 10.8 Å². The molecule has 0 fully saturated rings. The second kappa shape index (κ2) is 5.03. The topological polar surface area (TPSA) is 60.4 Å². The highest BCUT2D eigenvalue weighted by atomic mass is 32.2. The highest BCUT2D eigenvalue weighted by Crippen LogP contribution is 2.34. The average molecular weight is 318 g/mol. The summed E-state index contributed by atoms with van der Waals surface area (Å²) in [5.74, 6) is -1.22. The lowest BCUT2D eigenvalue weighted by Gasteiger charge is -2.14. The second-order valence-electron chi connectivity index (χ2n) is 4.20. The molecule has 0 saturated carbocycles. The fourth-order valence-corrected chi connectivity index (χ4v) is 2.26. The number of alkyl halides is 3. The SMILES string of the molecule is CC(=O)c1ccc2ccccc2c1OS(=O)(=O)C(F)(F)F. The predicted molar refractivity (Wildman–Crippen MR) is 69.6 cm³/mol. The molecule has 2 aromatic rings. The number of benzene rings is 2. The molecule has 0 bridgehead atoms. The van der Waals surface area contributed by atoms with E-state index in [-0.39, 0.29) is 10.9 Å². The predicted octanol–water partition coefficient (Wildman–Crippen LogP) is 3.27. The van der Waals surface area contributed by atoms with Crippen molar-refractivity contribution in [2.45, 2.75) is 12.4 Å². The molecule has 112 valence electrons. The molecule has 0 saturated heterocycles. The van der Waals surface area contributed by atoms with Crippen molar-refractivity contribution in [1.82, 2.24) is 0 Å². The first kappa shape index (κ1) is 15.3. The Hall–Kier alpha value is -2.09. The minimum Gasteiger partial charge on any atom is -0.375 e. The van der Waals surface area contributed by atoms with Crippen LogP contribution in [0.3, 0.4) is 0 Å². The number of Topliss-reactive ketones (excluding diaryl/α,β-unsaturated/α-hetero) is 1. The Morgan fingerprint density at radius 1 is 1.10 bits per heavy atom. The van der Waals surface area contributed by atoms with Crippen molar-refractivity contribution in [2.24, 2.45) is 0 Å². The molecule has 0 N–H and O–H groups in total. The minimum atomic E-state index is -5.85. The Labute approximate surface area is 118 Å². The van der Waals surface area contributed by atoms with E-state index in [0.29, 0.717) is 5.39 Å². The van der Waals surface area contributed by atoms with Crippen molar-refractivity contribution in [3.8, 4) is 5.75 Å². The molecule has 0 amide bonds. The van der Waals surface area contributed by atoms with Gasteiger partial charge in [0.15, 0.2) is 11.5 Å². The Kier molecular flexibility index (Phi) is 3.66. The summed E-state index contributed by atoms with van der Waals surface area (Å²) in [7, 11) is -5.85. The normalized spacial score (nSPS) is 12.4. The van der Waals surface area contributed by atoms with Crippen molar-refractivity contribution in [3.63, 3.8) is 0 Å². The van der Waals surface area contributed by atoms with E-state index < -0.39 is 27.2 Å². The van der Waals surface area contributed by atoms with Crippen molar-refractivity contribution >= 4 is 26.7 Å². The van der Waals surface area contributed by atoms with Gasteiger partial charge in [-0.05, 0) is 18.4 Å². The third-order valence-electron chi connectivity index (χ3n) is 2.74. The summed E-state index contributed by atoms with van der Waals surface area (Å²) in [6.07, 6.45) is 0. The lowest BCUT2D eigenvalue weighted by Crippen LogP contribution is -2.28. The third kappa shape index (κ3) is 2.85. The quantitative estimate of drug-likeness (QED) is 0.495. The first-order chi connectivity index (χ1) is 9.63. The zero-order valence-corrected chi connectivity index (χ0v) is 11.5. The van der Waals surface area contributed by atoms with Crippen molar-refractivity contribution in [2.75, 3.05) is 0 Å². The second-order valence-corrected chi connectivity index (χ2v) is 5.74. The van der Waals surface area contributed by atoms with E-state index in [0.717, 1.165) is 6.92 Å². The summed E-state index contributed by atoms with van der Waals surface area (Å²) >= 11 is 0. The number of fused-ring (bicyclic) bond motifs is 1. The smallest absolute Gasteiger partial charge is 0.375 e. The molecule has 0 atom stereocenters. The van der Waals surface area contributed by atoms with Crippen LogP contribution in [0.5, 0.6) is 5.75 Å². The largest absolute Gasteiger partial charge is 0.534 e. The molecule has 4 nitrogen and oxygen atoms in total. The number of halogens is 3. The lowest BCUT2D eigenvalue weighted by molar-refractivity contribution is -0.0499. The Balaban J connectivity index is 2.72. The monoisotopic (exact) mass is 318 g/mol. The summed E-state index contributed by atoms with van der Waals surface area (Å²) in [4.78, 5) is 11.5. The highest BCUT2D eigenvalue weighted by Gasteiger charge is 2.49. The molecule has 2 rings (SSSR count). The molecule has 0 aliphatic carbocycles. The van der Waals surface area contributed by atoms with Crippen molar-refractivity contribution in [3.05, 3.63) is 42.0 Å². The Morgan fingerprint density at radius 2 is 1.71 bits per heavy atom. The van der Waals surface area contributed by atoms with E-state index in [2.05, 4.69) is 4.18 Å². The number of hydrogen-bond donors (Lipinski definition) is 0. The van der Waals surface area contributed by atoms with E-state index >= 15 is 0 Å². The van der Waals surface area contributed by atoms with Crippen molar-refractivity contribution < 1.29 is 30.6 Å². The zero-order valence-electron chi connectivity index (χ0n) is 10.6. The summed E-state index contributed by atoms with van der Waals surface area (Å²) in [6.45, 7) is 1.11. The van der Waals surface area contributed by atoms with Gasteiger partial charge >= 0.3 is 15.6 Å². The van der Waals surface area contributed by atoms with Crippen LogP contribution in [0.15, 0.2) is 36.4 Å². The van der Waals surface area contributed by atoms with Gasteiger partial charge in [0.25, 0.3) is 0 Å². The number of carbonyl (C=O) groups is 1. The zero-order chi connectivity index (χ0) is 15.8. The molecule has 8 heteroatoms. The van der Waals surface area contributed by atoms with Gasteiger partial charge in [0.1, 0.15) is 0 Å². The molecule has 0 unspecified atom stereocenters. The Bertz CT molecular complexity index is 810. The molecular formula is C13H9F3O4S. The highest BCUT2D eigenvalue weighted by molar-refractivity contribution is 7.88. The molecule has 0 aliphatic heterocycles. The summed E-state index contributed by atoms with van der Waals surface area (Å²) in [5, 5.41) is 0.563. The molecule has 21 heavy (non-hydrogen) atoms. The fraction of sp³-hybridized carbons (Fsp3) is 0.154. The van der Waals surface area contributed by atoms with Crippen molar-refractivity contribution in [1.29, 1.82) is 0 Å². The molecule has 0 aliphatic rings. The maximum Gasteiger partial charge on any atom is 0.534 e. The van der Waals surface area contributed by atoms with E-state index in [4.69, 9.17) is 0 Å². The molecule has 0 heterocycles. The fourth-order valence-electron chi connectivity index (χ4n) is 1.77. The van der Waals surface area contributed by atoms with E-state index in [9.17, 15) is 26.4 Å². The van der Waals surface area contributed by atoms with Gasteiger partial charge < -0.3 is 4.18 Å². The first-order valence-corrected chi connectivity index (χ1v) is 7.08. The average Bonchev–Trinajstić information content (AvgIpc) is 2.37. The summed E-state index contributed by atoms with van der Waals surface area (Å²) in [5.41, 5.74) is -5.81. The number of carbonyl (C=O) groups excluding carboxylic acids is 1. The van der Waals surface area contributed by atoms with Gasteiger partial charge in [0.05, 0.1) is 5.56 Å². The van der Waals surface area contributed by atoms with Gasteiger partial charge in [-0.1, -0.05) is 30.3 Å². The van der Waals surface area contributed by atoms with Gasteiger partial charge in [0.2, 0.25) is 0 Å². The van der Waals surface area contributed by atoms with Crippen LogP contribution in [0.2, 0.25) is 0 Å². The Morgan fingerprint density at radius 3 is 2.29 bits per heavy atom. The van der Waals surface area contributed by atoms with Gasteiger partial charge in [-0.3, -0.25) is 4.79 Å². The summed E-state index contributed by atoms with van der Waals surface area (Å²) < 4.78 is 63.9. The minimum absolute atomic E-state index is 0.109. The van der Waals surface area contributed by atoms with E-state index in [1.54, 1.807) is 12.1 Å². The van der Waals surface area contributed by atoms with Gasteiger partial charge in [-0.15, -0.1) is 0 Å². The van der Waals surface area contributed by atoms with Gasteiger partial charge in [-0.2, -0.15) is 21.6 Å². The molecular weight excluding hydrogens is 309 g/mol. The maximum absolute atomic E-state index is 12.5. The van der Waals surface area contributed by atoms with Crippen LogP contribution < -0.4 is 4.18 Å². The summed E-state index contributed by atoms with van der Waals surface area (Å²) in [6, 6.07) is 8.79. The number of rotatable bonds is 3. The number of ketones is 1. The van der Waals surface area contributed by atoms with Gasteiger partial charge in [0, 0.05) is 5.39 Å². The lowest BCUT2D eigenvalue weighted by atomic mass is 10.0. The van der Waals surface area contributed by atoms with E-state index in [1.807, 2.05) is 0 Å². The molecule has 0 radical (unpaired) electrons. The molecule has 0 aromatic heterocycles. The first-order valence-electron chi connectivity index (χ1n) is 5.67. The van der Waals surface area contributed by atoms with Gasteiger partial charge in [-0.25, -0.2) is 0 Å². The standard InChI is InChI=1S/C13H9F3O4S/c1-8(17)10-7-6-9-4-2-3-5-11(9)12(10)20-21(18,19)13(14,15)16/h2-7H,1H3. The number of hydrogen-bond acceptors (Lipinski definition) is 4. The molecule has 2 aromatic carbocycles. The maximum atomic E-state index is 12.5. The van der Waals surface area contributed by atoms with Crippen LogP contribution in [0.1, 0.15) is 17.3 Å². The molecule has 0 spiro atoms. The third-order valence-corrected chi connectivity index (χ3v) is 3.69. The van der Waals surface area contributed by atoms with Crippen LogP contribution in [0.4, 0.5) is 13.2 Å². The van der Waals surface area contributed by atoms with Crippen LogP contribution in [0, 0.1) is 0 Å². The van der Waals surface area contributed by atoms with Crippen LogP contribution in [-0.4, -0.2) is 19.7 Å². The van der Waals surface area contributed by atoms with E-state index in [1.165, 1.54) is 24.3 Å². The van der Waals surface area contributed by atoms with Crippen LogP contribution >= 0.6 is 0 Å².